The number of hydrogen-bond acceptors (Lipinski definition) is 2. The van der Waals surface area contributed by atoms with Crippen molar-refractivity contribution in [3.63, 3.8) is 0 Å². The first-order chi connectivity index (χ1) is 20.6. The molecule has 4 heteroatoms. The predicted molar refractivity (Wildman–Crippen MR) is 181 cm³/mol. The van der Waals surface area contributed by atoms with Crippen molar-refractivity contribution in [1.82, 2.24) is 4.90 Å². The van der Waals surface area contributed by atoms with Crippen LogP contribution in [0.2, 0.25) is 0 Å². The molecule has 42 heavy (non-hydrogen) atoms. The average molecular weight is 588 g/mol. The molecular weight excluding hydrogens is 518 g/mol. The summed E-state index contributed by atoms with van der Waals surface area (Å²) in [6.45, 7) is 5.26. The lowest BCUT2D eigenvalue weighted by Gasteiger charge is -2.27. The molecule has 1 amide bonds. The molecule has 244 valence electrons. The van der Waals surface area contributed by atoms with Gasteiger partial charge in [-0.1, -0.05) is 160 Å². The summed E-state index contributed by atoms with van der Waals surface area (Å²) in [6, 6.07) is -0.102. The molecule has 1 N–H and O–H groups in total. The van der Waals surface area contributed by atoms with Crippen LogP contribution in [0, 0.1) is 5.92 Å². The monoisotopic (exact) mass is 588 g/mol. The minimum absolute atomic E-state index is 0.0599. The molecule has 0 unspecified atom stereocenters. The second kappa shape index (κ2) is 28.2. The molecule has 0 aromatic carbocycles. The van der Waals surface area contributed by atoms with E-state index in [9.17, 15) is 14.7 Å². The lowest BCUT2D eigenvalue weighted by atomic mass is 9.94. The number of carboxylic acid groups (broad SMARTS) is 1. The molecule has 1 heterocycles. The Bertz CT molecular complexity index is 700. The molecule has 1 aliphatic rings. The molecular formula is C38H69NO3. The fraction of sp³-hybridized carbons (Fsp3) is 0.842. The van der Waals surface area contributed by atoms with Gasteiger partial charge in [-0.2, -0.15) is 0 Å². The third-order valence-electron chi connectivity index (χ3n) is 9.10. The third-order valence-corrected chi connectivity index (χ3v) is 9.10. The predicted octanol–water partition coefficient (Wildman–Crippen LogP) is 11.6. The summed E-state index contributed by atoms with van der Waals surface area (Å²) in [5, 5.41) is 9.75. The Morgan fingerprint density at radius 1 is 0.643 bits per heavy atom. The smallest absolute Gasteiger partial charge is 0.309 e. The van der Waals surface area contributed by atoms with E-state index in [1.807, 2.05) is 4.90 Å². The van der Waals surface area contributed by atoms with Crippen molar-refractivity contribution in [2.45, 2.75) is 193 Å². The molecule has 2 atom stereocenters. The zero-order valence-corrected chi connectivity index (χ0v) is 28.0. The van der Waals surface area contributed by atoms with Crippen LogP contribution in [0.25, 0.3) is 0 Å². The van der Waals surface area contributed by atoms with Gasteiger partial charge in [0.2, 0.25) is 5.91 Å². The second-order valence-electron chi connectivity index (χ2n) is 12.9. The van der Waals surface area contributed by atoms with E-state index < -0.39 is 11.9 Å². The number of nitrogens with zero attached hydrogens (tertiary/aromatic N) is 1. The third kappa shape index (κ3) is 20.3. The minimum atomic E-state index is -0.792. The maximum absolute atomic E-state index is 12.7. The van der Waals surface area contributed by atoms with Crippen LogP contribution in [0.4, 0.5) is 0 Å². The van der Waals surface area contributed by atoms with E-state index >= 15 is 0 Å². The fourth-order valence-corrected chi connectivity index (χ4v) is 6.38. The first-order valence-electron chi connectivity index (χ1n) is 18.4. The van der Waals surface area contributed by atoms with Crippen molar-refractivity contribution in [2.75, 3.05) is 6.54 Å². The van der Waals surface area contributed by atoms with Crippen LogP contribution in [0.15, 0.2) is 24.3 Å². The normalized spacial score (nSPS) is 17.4. The van der Waals surface area contributed by atoms with E-state index in [1.165, 1.54) is 122 Å². The quantitative estimate of drug-likeness (QED) is 0.0671. The van der Waals surface area contributed by atoms with Gasteiger partial charge in [-0.25, -0.2) is 0 Å². The summed E-state index contributed by atoms with van der Waals surface area (Å²) in [7, 11) is 0. The summed E-state index contributed by atoms with van der Waals surface area (Å²) in [5.74, 6) is -1.25. The summed E-state index contributed by atoms with van der Waals surface area (Å²) >= 11 is 0. The van der Waals surface area contributed by atoms with Gasteiger partial charge in [0.25, 0.3) is 0 Å². The van der Waals surface area contributed by atoms with E-state index in [0.29, 0.717) is 0 Å². The van der Waals surface area contributed by atoms with Gasteiger partial charge in [0.05, 0.1) is 5.92 Å². The Kier molecular flexibility index (Phi) is 25.8. The van der Waals surface area contributed by atoms with Gasteiger partial charge >= 0.3 is 5.97 Å². The standard InChI is InChI=1S/C38H69NO3/c1-3-5-7-9-11-13-15-17-19-20-22-24-26-28-30-32-36-35(38(41)42)34-37(40)39(36)33-31-29-27-25-23-21-18-16-14-12-10-8-6-4-2/h11,13,17,19,35-36H,3-10,12,14-16,18,20-34H2,1-2H3,(H,41,42)/b13-11+,19-17-/t35-,36+/m0/s1. The molecule has 0 aromatic heterocycles. The summed E-state index contributed by atoms with van der Waals surface area (Å²) < 4.78 is 0. The Balaban J connectivity index is 2.11. The molecule has 1 fully saturated rings. The highest BCUT2D eigenvalue weighted by Gasteiger charge is 2.42. The number of unbranched alkanes of at least 4 members (excludes halogenated alkanes) is 21. The first-order valence-corrected chi connectivity index (χ1v) is 18.4. The SMILES string of the molecule is CCCCC/C=C/C/C=C\CCCCCCC[C@@H]1[C@@H](C(=O)O)CC(=O)N1CCCCCCCCCCCCCCCC. The van der Waals surface area contributed by atoms with E-state index in [2.05, 4.69) is 38.2 Å². The van der Waals surface area contributed by atoms with Gasteiger partial charge < -0.3 is 10.0 Å². The molecule has 0 radical (unpaired) electrons. The Labute approximate surface area is 261 Å². The van der Waals surface area contributed by atoms with Crippen LogP contribution >= 0.6 is 0 Å². The van der Waals surface area contributed by atoms with Crippen LogP contribution in [0.3, 0.4) is 0 Å². The van der Waals surface area contributed by atoms with Crippen molar-refractivity contribution in [2.24, 2.45) is 5.92 Å². The number of allylic oxidation sites excluding steroid dienone is 4. The zero-order valence-electron chi connectivity index (χ0n) is 28.0. The summed E-state index contributed by atoms with van der Waals surface area (Å²) in [4.78, 5) is 26.5. The molecule has 1 rings (SSSR count). The number of aliphatic carboxylic acids is 1. The fourth-order valence-electron chi connectivity index (χ4n) is 6.38. The number of carbonyl (C=O) groups is 2. The molecule has 0 aromatic rings. The van der Waals surface area contributed by atoms with Crippen LogP contribution < -0.4 is 0 Å². The molecule has 0 aliphatic carbocycles. The van der Waals surface area contributed by atoms with Crippen LogP contribution in [0.5, 0.6) is 0 Å². The number of amides is 1. The lowest BCUT2D eigenvalue weighted by molar-refractivity contribution is -0.142. The Hall–Kier alpha value is -1.58. The van der Waals surface area contributed by atoms with E-state index in [-0.39, 0.29) is 18.4 Å². The van der Waals surface area contributed by atoms with Crippen molar-refractivity contribution in [3.05, 3.63) is 24.3 Å². The lowest BCUT2D eigenvalue weighted by Crippen LogP contribution is -2.38. The topological polar surface area (TPSA) is 57.6 Å². The maximum atomic E-state index is 12.7. The van der Waals surface area contributed by atoms with Crippen molar-refractivity contribution < 1.29 is 14.7 Å². The zero-order chi connectivity index (χ0) is 30.5. The molecule has 0 saturated carbocycles. The average Bonchev–Trinajstić information content (AvgIpc) is 3.30. The first kappa shape index (κ1) is 38.4. The van der Waals surface area contributed by atoms with Crippen molar-refractivity contribution >= 4 is 11.9 Å². The van der Waals surface area contributed by atoms with Gasteiger partial charge in [0, 0.05) is 19.0 Å². The highest BCUT2D eigenvalue weighted by molar-refractivity contribution is 5.87. The van der Waals surface area contributed by atoms with E-state index in [4.69, 9.17) is 0 Å². The van der Waals surface area contributed by atoms with Crippen LogP contribution in [-0.2, 0) is 9.59 Å². The Morgan fingerprint density at radius 3 is 1.60 bits per heavy atom. The number of carboxylic acids is 1. The van der Waals surface area contributed by atoms with Gasteiger partial charge in [-0.3, -0.25) is 9.59 Å². The number of likely N-dealkylation sites (tertiary alicyclic amines) is 1. The Morgan fingerprint density at radius 2 is 1.07 bits per heavy atom. The number of rotatable bonds is 30. The minimum Gasteiger partial charge on any atom is -0.481 e. The van der Waals surface area contributed by atoms with Crippen LogP contribution in [-0.4, -0.2) is 34.5 Å². The largest absolute Gasteiger partial charge is 0.481 e. The highest BCUT2D eigenvalue weighted by atomic mass is 16.4. The molecule has 0 bridgehead atoms. The molecule has 4 nitrogen and oxygen atoms in total. The van der Waals surface area contributed by atoms with Gasteiger partial charge in [0.15, 0.2) is 0 Å². The van der Waals surface area contributed by atoms with Crippen LogP contribution in [0.1, 0.15) is 187 Å². The second-order valence-corrected chi connectivity index (χ2v) is 12.9. The number of hydrogen-bond donors (Lipinski definition) is 1. The highest BCUT2D eigenvalue weighted by Crippen LogP contribution is 2.30. The van der Waals surface area contributed by atoms with Gasteiger partial charge in [-0.05, 0) is 44.9 Å². The van der Waals surface area contributed by atoms with E-state index in [1.54, 1.807) is 0 Å². The van der Waals surface area contributed by atoms with Crippen molar-refractivity contribution in [3.8, 4) is 0 Å². The van der Waals surface area contributed by atoms with Gasteiger partial charge in [-0.15, -0.1) is 0 Å². The maximum Gasteiger partial charge on any atom is 0.309 e. The van der Waals surface area contributed by atoms with Gasteiger partial charge in [0.1, 0.15) is 0 Å². The van der Waals surface area contributed by atoms with E-state index in [0.717, 1.165) is 51.5 Å². The molecule has 1 aliphatic heterocycles. The summed E-state index contributed by atoms with van der Waals surface area (Å²) in [5.41, 5.74) is 0. The number of carbonyl (C=O) groups excluding carboxylic acids is 1. The molecule has 1 saturated heterocycles. The summed E-state index contributed by atoms with van der Waals surface area (Å²) in [6.07, 6.45) is 41.9. The molecule has 0 spiro atoms. The van der Waals surface area contributed by atoms with Crippen molar-refractivity contribution in [1.29, 1.82) is 0 Å².